The van der Waals surface area contributed by atoms with Gasteiger partial charge in [0, 0.05) is 60.4 Å². The molecular weight excluding hydrogens is 1540 g/mol. The van der Waals surface area contributed by atoms with Crippen LogP contribution in [-0.4, -0.2) is 68.7 Å². The summed E-state index contributed by atoms with van der Waals surface area (Å²) in [6.07, 6.45) is 0. The Hall–Kier alpha value is -8.98. The maximum Gasteiger partial charge on any atom is 0.270 e. The van der Waals surface area contributed by atoms with E-state index in [0.29, 0.717) is 66.5 Å². The fourth-order valence-corrected chi connectivity index (χ4v) is 12.4. The first-order valence-electron chi connectivity index (χ1n) is 30.6. The zero-order valence-electron chi connectivity index (χ0n) is 55.8. The van der Waals surface area contributed by atoms with Crippen molar-refractivity contribution in [3.8, 4) is 40.6 Å². The number of aromatic nitrogens is 8. The van der Waals surface area contributed by atoms with E-state index >= 15 is 0 Å². The molecule has 0 bridgehead atoms. The number of hydrogen-bond acceptors (Lipinski definition) is 18. The van der Waals surface area contributed by atoms with Crippen LogP contribution in [0.5, 0.6) is 40.6 Å². The number of nitrogens with one attached hydrogen (secondary N) is 1. The number of nitrogens with zero attached hydrogens (tertiary/aromatic N) is 9. The summed E-state index contributed by atoms with van der Waals surface area (Å²) in [5, 5.41) is 32.7. The summed E-state index contributed by atoms with van der Waals surface area (Å²) in [7, 11) is 3.09. The molecule has 536 valence electrons. The average molecular weight is 1600 g/mol. The molecule has 4 aromatic heterocycles. The Morgan fingerprint density at radius 3 is 1.05 bits per heavy atom. The van der Waals surface area contributed by atoms with Crippen LogP contribution in [0, 0.1) is 0 Å². The number of carbonyl (C=O) groups is 4. The summed E-state index contributed by atoms with van der Waals surface area (Å²) in [5.74, 6) is -0.711. The Kier molecular flexibility index (Phi) is 26.4. The summed E-state index contributed by atoms with van der Waals surface area (Å²) in [4.78, 5) is 88.9. The molecule has 2 aliphatic rings. The molecule has 12 rings (SSSR count). The van der Waals surface area contributed by atoms with E-state index in [0.717, 1.165) is 15.4 Å². The minimum atomic E-state index is -0.458. The second kappa shape index (κ2) is 34.1. The number of aryl methyl sites for hydroxylation is 2. The number of aromatic amines is 1. The van der Waals surface area contributed by atoms with E-state index < -0.39 is 23.6 Å². The highest BCUT2D eigenvalue weighted by Crippen LogP contribution is 2.44. The van der Waals surface area contributed by atoms with Crippen LogP contribution in [0.3, 0.4) is 0 Å². The number of anilines is 4. The number of hydrogen-bond donors (Lipinski definition) is 4. The van der Waals surface area contributed by atoms with Crippen LogP contribution in [0.4, 0.5) is 22.7 Å². The zero-order valence-corrected chi connectivity index (χ0v) is 63.4. The number of carbonyl (C=O) groups excluding carboxylic acids is 4. The highest BCUT2D eigenvalue weighted by atomic mass is 35.5. The van der Waals surface area contributed by atoms with Gasteiger partial charge in [-0.1, -0.05) is 196 Å². The topological polar surface area (TPSA) is 316 Å². The van der Waals surface area contributed by atoms with Gasteiger partial charge in [0.15, 0.2) is 33.3 Å². The van der Waals surface area contributed by atoms with Gasteiger partial charge in [-0.15, -0.1) is 25.5 Å². The van der Waals surface area contributed by atoms with Crippen molar-refractivity contribution in [2.75, 3.05) is 21.3 Å². The maximum atomic E-state index is 12.7. The van der Waals surface area contributed by atoms with Gasteiger partial charge in [0.05, 0.1) is 73.8 Å². The number of benzene rings is 6. The van der Waals surface area contributed by atoms with Crippen molar-refractivity contribution in [2.45, 2.75) is 79.1 Å². The monoisotopic (exact) mass is 1590 g/mol. The molecule has 0 saturated heterocycles. The molecule has 6 N–H and O–H groups in total. The minimum Gasteiger partial charge on any atom is -0.505 e. The van der Waals surface area contributed by atoms with Crippen molar-refractivity contribution in [2.24, 2.45) is 14.1 Å². The Bertz CT molecular complexity index is 5010. The number of aromatic hydroxyl groups is 1. The highest BCUT2D eigenvalue weighted by Gasteiger charge is 2.39. The number of phenols is 1. The van der Waals surface area contributed by atoms with Crippen LogP contribution in [0.2, 0.25) is 50.5 Å². The number of nitrogen functional groups attached to an aromatic ring is 2. The Balaban J connectivity index is 0.000000174. The van der Waals surface area contributed by atoms with Crippen molar-refractivity contribution < 1.29 is 38.5 Å². The molecule has 0 fully saturated rings. The van der Waals surface area contributed by atoms with E-state index in [4.69, 9.17) is 147 Å². The van der Waals surface area contributed by atoms with Gasteiger partial charge in [0.25, 0.3) is 40.3 Å². The molecule has 6 aromatic carbocycles. The van der Waals surface area contributed by atoms with Crippen LogP contribution >= 0.6 is 116 Å². The Morgan fingerprint density at radius 2 is 0.718 bits per heavy atom. The third kappa shape index (κ3) is 18.7. The normalized spacial score (nSPS) is 12.1. The lowest BCUT2D eigenvalue weighted by Gasteiger charge is -2.17. The predicted octanol–water partition coefficient (Wildman–Crippen LogP) is 18.4. The van der Waals surface area contributed by atoms with Crippen molar-refractivity contribution in [3.05, 3.63) is 247 Å². The van der Waals surface area contributed by atoms with Crippen LogP contribution < -0.4 is 52.2 Å². The lowest BCUT2D eigenvalue weighted by molar-refractivity contribution is 0.0910. The first-order valence-corrected chi connectivity index (χ1v) is 34.4. The smallest absolute Gasteiger partial charge is 0.270 e. The molecule has 23 nitrogen and oxygen atoms in total. The van der Waals surface area contributed by atoms with E-state index in [1.54, 1.807) is 67.7 Å². The lowest BCUT2D eigenvalue weighted by Crippen LogP contribution is -2.29. The van der Waals surface area contributed by atoms with E-state index in [2.05, 4.69) is 30.6 Å². The van der Waals surface area contributed by atoms with E-state index in [1.165, 1.54) is 77.1 Å². The molecule has 2 aliphatic heterocycles. The van der Waals surface area contributed by atoms with Crippen molar-refractivity contribution in [3.63, 3.8) is 0 Å². The third-order valence-electron chi connectivity index (χ3n) is 14.9. The van der Waals surface area contributed by atoms with E-state index in [1.807, 2.05) is 55.4 Å². The van der Waals surface area contributed by atoms with E-state index in [-0.39, 0.29) is 127 Å². The first-order chi connectivity index (χ1) is 48.5. The summed E-state index contributed by atoms with van der Waals surface area (Å²) in [6, 6.07) is 31.1. The van der Waals surface area contributed by atoms with Gasteiger partial charge >= 0.3 is 0 Å². The molecule has 0 atom stereocenters. The fourth-order valence-electron chi connectivity index (χ4n) is 9.76. The largest absolute Gasteiger partial charge is 0.505 e. The van der Waals surface area contributed by atoms with E-state index in [9.17, 15) is 33.6 Å². The second-order valence-corrected chi connectivity index (χ2v) is 27.7. The van der Waals surface area contributed by atoms with Gasteiger partial charge in [-0.05, 0) is 108 Å². The lowest BCUT2D eigenvalue weighted by atomic mass is 10.1. The van der Waals surface area contributed by atoms with Crippen molar-refractivity contribution >= 4 is 162 Å². The maximum absolute atomic E-state index is 12.7. The third-order valence-corrected chi connectivity index (χ3v) is 17.7. The summed E-state index contributed by atoms with van der Waals surface area (Å²) in [5.41, 5.74) is 15.4. The molecule has 6 heterocycles. The number of halogens is 10. The number of phenolic OH excluding ortho intramolecular Hbond substituents is 1. The van der Waals surface area contributed by atoms with Gasteiger partial charge < -0.3 is 30.8 Å². The second-order valence-electron chi connectivity index (χ2n) is 23.7. The Morgan fingerprint density at radius 1 is 0.408 bits per heavy atom. The van der Waals surface area contributed by atoms with Gasteiger partial charge in [-0.25, -0.2) is 24.3 Å². The molecule has 0 aliphatic carbocycles. The van der Waals surface area contributed by atoms with Crippen LogP contribution in [0.15, 0.2) is 136 Å². The molecule has 0 spiro atoms. The van der Waals surface area contributed by atoms with Crippen LogP contribution in [-0.2, 0) is 14.1 Å². The molecule has 4 amide bonds. The van der Waals surface area contributed by atoms with Gasteiger partial charge in [0.1, 0.15) is 0 Å². The number of rotatable bonds is 12. The fraction of sp³-hybridized carbons (Fsp3) is 0.200. The molecule has 0 unspecified atom stereocenters. The molecule has 0 saturated carbocycles. The first kappa shape index (κ1) is 79.7. The highest BCUT2D eigenvalue weighted by molar-refractivity contribution is 6.42. The van der Waals surface area contributed by atoms with Crippen molar-refractivity contribution in [1.29, 1.82) is 0 Å². The predicted molar refractivity (Wildman–Crippen MR) is 404 cm³/mol. The summed E-state index contributed by atoms with van der Waals surface area (Å²) < 4.78 is 19.5. The summed E-state index contributed by atoms with van der Waals surface area (Å²) >= 11 is 60.0. The molecule has 103 heavy (non-hydrogen) atoms. The minimum absolute atomic E-state index is 0.0359. The van der Waals surface area contributed by atoms with Crippen LogP contribution in [0.1, 0.15) is 143 Å². The molecular formula is C70H60Cl10N12O11. The zero-order chi connectivity index (χ0) is 75.9. The number of amides is 4. The van der Waals surface area contributed by atoms with Gasteiger partial charge in [0.2, 0.25) is 17.6 Å². The molecule has 33 heteroatoms. The standard InChI is InChI=1S/C22H17Cl2N3O4.C21H15Cl2N3O4.C14H15Cl2N3O2.C7H8Cl2N2.C6H5Cl2NO/c1-11(2)15-10-18(25-26(3)20(15)28)31-19-16(23)8-12(9-17(19)24)27-21(29)13-6-4-5-7-14(13)22(27)30;1-10(2)14-9-17(24-25-19(14)27)30-18-15(22)7-11(8-16(18)23)26-20(28)12-5-3-4-6-13(12)21(26)29;1-7(2)9-6-12(18-19(3)14(9)20)21-13-10(15)4-8(17)5-11(13)16;1-4(2)5-3-6(8)10-11-7(5)9;7-4-1-3(9)2-5(8)6(4)10/h4-11H,1-3H3;3-10H,1-2H3,(H,25,27);4-7H,17H2,1-3H3;3-4H,1-2H3;1-2,10H,9H2. The van der Waals surface area contributed by atoms with Crippen LogP contribution in [0.25, 0.3) is 0 Å². The van der Waals surface area contributed by atoms with Crippen molar-refractivity contribution in [1.82, 2.24) is 40.0 Å². The van der Waals surface area contributed by atoms with Gasteiger partial charge in [-0.3, -0.25) is 33.6 Å². The molecule has 0 radical (unpaired) electrons. The SMILES string of the molecule is CC(C)c1cc(Cl)nnc1Cl.CC(C)c1cc(Oc2c(Cl)cc(N)cc2Cl)nn(C)c1=O.CC(C)c1cc(Oc2c(Cl)cc(N3C(=O)c4ccccc4C3=O)cc2Cl)n[nH]c1=O.CC(C)c1cc(Oc2c(Cl)cc(N3C(=O)c4ccccc4C3=O)cc2Cl)nn(C)c1=O.Nc1cc(Cl)c(O)c(Cl)c1. The number of imide groups is 2. The Labute approximate surface area is 638 Å². The number of nitrogens with two attached hydrogens (primary N) is 2. The average Bonchev–Trinajstić information content (AvgIpc) is 1.63. The quantitative estimate of drug-likeness (QED) is 0.0502. The number of ether oxygens (including phenoxy) is 3. The number of H-pyrrole nitrogens is 1. The summed E-state index contributed by atoms with van der Waals surface area (Å²) in [6.45, 7) is 15.4. The molecule has 10 aromatic rings. The van der Waals surface area contributed by atoms with Gasteiger partial charge in [-0.2, -0.15) is 0 Å². The number of fused-ring (bicyclic) bond motifs is 2.